The van der Waals surface area contributed by atoms with Crippen molar-refractivity contribution in [3.63, 3.8) is 0 Å². The summed E-state index contributed by atoms with van der Waals surface area (Å²) >= 11 is 2.46. The Kier molecular flexibility index (Phi) is 2.40. The molecule has 2 aliphatic carbocycles. The Bertz CT molecular complexity index is 271. The summed E-state index contributed by atoms with van der Waals surface area (Å²) in [6.45, 7) is 2.19. The summed E-state index contributed by atoms with van der Waals surface area (Å²) in [6, 6.07) is 0. The van der Waals surface area contributed by atoms with Gasteiger partial charge in [-0.25, -0.2) is 0 Å². The molecule has 0 aliphatic heterocycles. The number of allylic oxidation sites excluding steroid dienone is 6. The summed E-state index contributed by atoms with van der Waals surface area (Å²) in [5.41, 5.74) is 1.43. The van der Waals surface area contributed by atoms with Crippen LogP contribution in [0.25, 0.3) is 0 Å². The molecule has 2 rings (SSSR count). The predicted molar refractivity (Wildman–Crippen MR) is 61.2 cm³/mol. The van der Waals surface area contributed by atoms with E-state index in [-0.39, 0.29) is 0 Å². The Labute approximate surface area is 87.6 Å². The van der Waals surface area contributed by atoms with Crippen LogP contribution in [-0.4, -0.2) is 0 Å². The monoisotopic (exact) mass is 272 g/mol. The van der Waals surface area contributed by atoms with E-state index in [4.69, 9.17) is 0 Å². The van der Waals surface area contributed by atoms with Crippen LogP contribution >= 0.6 is 22.6 Å². The first-order valence-electron chi connectivity index (χ1n) is 4.47. The summed E-state index contributed by atoms with van der Waals surface area (Å²) < 4.78 is 1.53. The first kappa shape index (κ1) is 8.54. The fourth-order valence-electron chi connectivity index (χ4n) is 1.97. The topological polar surface area (TPSA) is 0 Å². The van der Waals surface area contributed by atoms with Crippen LogP contribution in [0.1, 0.15) is 19.8 Å². The maximum absolute atomic E-state index is 2.46. The molecule has 0 spiro atoms. The maximum atomic E-state index is 2.46. The van der Waals surface area contributed by atoms with Crippen LogP contribution in [0.5, 0.6) is 0 Å². The van der Waals surface area contributed by atoms with Gasteiger partial charge in [0.2, 0.25) is 0 Å². The van der Waals surface area contributed by atoms with Crippen molar-refractivity contribution in [2.45, 2.75) is 19.8 Å². The lowest BCUT2D eigenvalue weighted by atomic mass is 9.79. The van der Waals surface area contributed by atoms with Crippen LogP contribution < -0.4 is 0 Å². The van der Waals surface area contributed by atoms with Crippen molar-refractivity contribution >= 4 is 22.6 Å². The zero-order valence-corrected chi connectivity index (χ0v) is 9.41. The summed E-state index contributed by atoms with van der Waals surface area (Å²) in [4.78, 5) is 0. The summed E-state index contributed by atoms with van der Waals surface area (Å²) in [5, 5.41) is 0. The first-order valence-corrected chi connectivity index (χ1v) is 5.55. The molecule has 0 aromatic heterocycles. The van der Waals surface area contributed by atoms with Crippen LogP contribution in [0.15, 0.2) is 33.5 Å². The smallest absolute Gasteiger partial charge is 0.0119 e. The van der Waals surface area contributed by atoms with Crippen LogP contribution in [0.3, 0.4) is 0 Å². The minimum absolute atomic E-state index is 0.783. The highest BCUT2D eigenvalue weighted by atomic mass is 127. The third-order valence-electron chi connectivity index (χ3n) is 2.68. The SMILES string of the molecule is CC1=CC2CC=C(I)CC2C=C1. The first-order chi connectivity index (χ1) is 5.75. The summed E-state index contributed by atoms with van der Waals surface area (Å²) in [7, 11) is 0. The molecule has 0 N–H and O–H groups in total. The minimum Gasteiger partial charge on any atom is -0.0802 e. The van der Waals surface area contributed by atoms with Crippen LogP contribution in [-0.2, 0) is 0 Å². The van der Waals surface area contributed by atoms with E-state index in [1.807, 2.05) is 0 Å². The van der Waals surface area contributed by atoms with Crippen molar-refractivity contribution in [2.75, 3.05) is 0 Å². The van der Waals surface area contributed by atoms with Gasteiger partial charge in [0.25, 0.3) is 0 Å². The molecule has 2 atom stereocenters. The average Bonchev–Trinajstić information content (AvgIpc) is 2.05. The largest absolute Gasteiger partial charge is 0.0802 e. The molecule has 0 bridgehead atoms. The molecule has 0 saturated heterocycles. The Morgan fingerprint density at radius 2 is 2.25 bits per heavy atom. The quantitative estimate of drug-likeness (QED) is 0.587. The van der Waals surface area contributed by atoms with Gasteiger partial charge in [-0.05, 0) is 57.8 Å². The Morgan fingerprint density at radius 3 is 3.08 bits per heavy atom. The molecule has 0 saturated carbocycles. The van der Waals surface area contributed by atoms with E-state index < -0.39 is 0 Å². The number of hydrogen-bond donors (Lipinski definition) is 0. The standard InChI is InChI=1S/C11H13I/c1-8-2-3-10-7-11(12)5-4-9(10)6-8/h2-3,5-6,9-10H,4,7H2,1H3. The lowest BCUT2D eigenvalue weighted by Gasteiger charge is -2.28. The van der Waals surface area contributed by atoms with Crippen molar-refractivity contribution in [1.29, 1.82) is 0 Å². The molecule has 2 unspecified atom stereocenters. The predicted octanol–water partition coefficient (Wildman–Crippen LogP) is 3.85. The number of hydrogen-bond acceptors (Lipinski definition) is 0. The van der Waals surface area contributed by atoms with E-state index in [2.05, 4.69) is 53.8 Å². The Balaban J connectivity index is 2.20. The molecule has 0 radical (unpaired) electrons. The molecular formula is C11H13I. The molecule has 1 heteroatoms. The van der Waals surface area contributed by atoms with E-state index in [1.165, 1.54) is 22.0 Å². The highest BCUT2D eigenvalue weighted by Gasteiger charge is 2.22. The van der Waals surface area contributed by atoms with Crippen molar-refractivity contribution in [1.82, 2.24) is 0 Å². The van der Waals surface area contributed by atoms with Crippen molar-refractivity contribution in [2.24, 2.45) is 11.8 Å². The third-order valence-corrected chi connectivity index (χ3v) is 3.56. The molecule has 0 aromatic rings. The lowest BCUT2D eigenvalue weighted by molar-refractivity contribution is 0.456. The highest BCUT2D eigenvalue weighted by molar-refractivity contribution is 14.1. The zero-order chi connectivity index (χ0) is 8.55. The normalized spacial score (nSPS) is 33.8. The van der Waals surface area contributed by atoms with Gasteiger partial charge in [0, 0.05) is 0 Å². The zero-order valence-electron chi connectivity index (χ0n) is 7.26. The molecule has 12 heavy (non-hydrogen) atoms. The van der Waals surface area contributed by atoms with Gasteiger partial charge >= 0.3 is 0 Å². The third kappa shape index (κ3) is 1.65. The molecule has 64 valence electrons. The van der Waals surface area contributed by atoms with Gasteiger partial charge < -0.3 is 0 Å². The number of rotatable bonds is 0. The fourth-order valence-corrected chi connectivity index (χ4v) is 2.73. The second kappa shape index (κ2) is 3.36. The molecule has 0 nitrogen and oxygen atoms in total. The van der Waals surface area contributed by atoms with Gasteiger partial charge in [-0.3, -0.25) is 0 Å². The maximum Gasteiger partial charge on any atom is -0.0119 e. The summed E-state index contributed by atoms with van der Waals surface area (Å²) in [6.07, 6.45) is 11.9. The molecule has 0 fully saturated rings. The van der Waals surface area contributed by atoms with Gasteiger partial charge in [0.15, 0.2) is 0 Å². The average molecular weight is 272 g/mol. The van der Waals surface area contributed by atoms with Crippen LogP contribution in [0.4, 0.5) is 0 Å². The Hall–Kier alpha value is -0.0500. The van der Waals surface area contributed by atoms with Crippen molar-refractivity contribution in [3.8, 4) is 0 Å². The Morgan fingerprint density at radius 1 is 1.42 bits per heavy atom. The molecule has 0 heterocycles. The fraction of sp³-hybridized carbons (Fsp3) is 0.455. The van der Waals surface area contributed by atoms with Crippen molar-refractivity contribution in [3.05, 3.63) is 33.5 Å². The molecule has 2 aliphatic rings. The second-order valence-corrected chi connectivity index (χ2v) is 5.07. The minimum atomic E-state index is 0.783. The van der Waals surface area contributed by atoms with Gasteiger partial charge in [-0.1, -0.05) is 29.9 Å². The van der Waals surface area contributed by atoms with E-state index in [0.29, 0.717) is 0 Å². The van der Waals surface area contributed by atoms with E-state index in [0.717, 1.165) is 11.8 Å². The van der Waals surface area contributed by atoms with Crippen LogP contribution in [0.2, 0.25) is 0 Å². The highest BCUT2D eigenvalue weighted by Crippen LogP contribution is 2.37. The van der Waals surface area contributed by atoms with E-state index in [1.54, 1.807) is 0 Å². The van der Waals surface area contributed by atoms with Crippen molar-refractivity contribution < 1.29 is 0 Å². The number of fused-ring (bicyclic) bond motifs is 1. The van der Waals surface area contributed by atoms with Gasteiger partial charge in [-0.2, -0.15) is 0 Å². The van der Waals surface area contributed by atoms with Gasteiger partial charge in [-0.15, -0.1) is 0 Å². The van der Waals surface area contributed by atoms with E-state index >= 15 is 0 Å². The summed E-state index contributed by atoms with van der Waals surface area (Å²) in [5.74, 6) is 1.57. The molecule has 0 amide bonds. The van der Waals surface area contributed by atoms with E-state index in [9.17, 15) is 0 Å². The lowest BCUT2D eigenvalue weighted by Crippen LogP contribution is -2.16. The number of halogens is 1. The molecular weight excluding hydrogens is 259 g/mol. The van der Waals surface area contributed by atoms with Gasteiger partial charge in [0.1, 0.15) is 0 Å². The van der Waals surface area contributed by atoms with Crippen LogP contribution in [0, 0.1) is 11.8 Å². The van der Waals surface area contributed by atoms with Gasteiger partial charge in [0.05, 0.1) is 0 Å². The second-order valence-electron chi connectivity index (χ2n) is 3.69. The molecule has 0 aromatic carbocycles.